The second kappa shape index (κ2) is 9.93. The minimum Gasteiger partial charge on any atom is -1.00 e. The molecule has 0 nitrogen and oxygen atoms in total. The van der Waals surface area contributed by atoms with Crippen LogP contribution in [0.25, 0.3) is 0 Å². The van der Waals surface area contributed by atoms with Crippen LogP contribution in [0.15, 0.2) is 91.0 Å². The van der Waals surface area contributed by atoms with E-state index in [0.29, 0.717) is 0 Å². The van der Waals surface area contributed by atoms with E-state index in [2.05, 4.69) is 0 Å². The van der Waals surface area contributed by atoms with Gasteiger partial charge in [-0.15, -0.1) is 0 Å². The lowest BCUT2D eigenvalue weighted by atomic mass is 10.2. The largest absolute Gasteiger partial charge is 1.00 e. The van der Waals surface area contributed by atoms with Crippen molar-refractivity contribution in [3.63, 3.8) is 0 Å². The monoisotopic (exact) mass is 522 g/mol. The fraction of sp³-hybridized carbons (Fsp3) is 0.0400. The summed E-state index contributed by atoms with van der Waals surface area (Å²) in [5.41, 5.74) is -0.804. The van der Waals surface area contributed by atoms with Gasteiger partial charge in [0, 0.05) is 0 Å². The Labute approximate surface area is 193 Å². The molecule has 0 spiro atoms. The van der Waals surface area contributed by atoms with Gasteiger partial charge in [0.1, 0.15) is 29.3 Å². The molecular formula is C25H17BrF5P. The van der Waals surface area contributed by atoms with E-state index in [4.69, 9.17) is 0 Å². The molecule has 0 N–H and O–H groups in total. The Morgan fingerprint density at radius 3 is 1.03 bits per heavy atom. The van der Waals surface area contributed by atoms with E-state index >= 15 is 0 Å². The summed E-state index contributed by atoms with van der Waals surface area (Å²) in [6.07, 6.45) is -0.350. The number of hydrogen-bond acceptors (Lipinski definition) is 0. The van der Waals surface area contributed by atoms with Crippen LogP contribution in [0.1, 0.15) is 5.56 Å². The van der Waals surface area contributed by atoms with Gasteiger partial charge in [0.2, 0.25) is 5.82 Å². The van der Waals surface area contributed by atoms with Crippen molar-refractivity contribution in [2.45, 2.75) is 6.16 Å². The van der Waals surface area contributed by atoms with E-state index in [1.54, 1.807) is 36.4 Å². The molecule has 0 unspecified atom stereocenters. The number of rotatable bonds is 5. The van der Waals surface area contributed by atoms with Crippen LogP contribution in [0.2, 0.25) is 0 Å². The molecule has 0 saturated carbocycles. The average molecular weight is 523 g/mol. The normalized spacial score (nSPS) is 11.2. The number of halogens is 6. The Hall–Kier alpha value is -2.56. The first-order valence-corrected chi connectivity index (χ1v) is 11.5. The molecule has 0 radical (unpaired) electrons. The van der Waals surface area contributed by atoms with E-state index in [9.17, 15) is 22.0 Å². The lowest BCUT2D eigenvalue weighted by molar-refractivity contribution is -0.00000853. The van der Waals surface area contributed by atoms with Gasteiger partial charge in [-0.2, -0.15) is 0 Å². The van der Waals surface area contributed by atoms with Gasteiger partial charge in [-0.05, 0) is 36.4 Å². The van der Waals surface area contributed by atoms with Crippen LogP contribution >= 0.6 is 7.26 Å². The third kappa shape index (κ3) is 4.10. The summed E-state index contributed by atoms with van der Waals surface area (Å²) in [6, 6.07) is 27.2. The summed E-state index contributed by atoms with van der Waals surface area (Å²) in [6.45, 7) is 0. The van der Waals surface area contributed by atoms with Gasteiger partial charge >= 0.3 is 0 Å². The molecule has 0 heterocycles. The predicted molar refractivity (Wildman–Crippen MR) is 115 cm³/mol. The maximum absolute atomic E-state index is 14.8. The summed E-state index contributed by atoms with van der Waals surface area (Å²) < 4.78 is 71.3. The highest BCUT2D eigenvalue weighted by atomic mass is 79.9. The van der Waals surface area contributed by atoms with Gasteiger partial charge in [0.25, 0.3) is 0 Å². The smallest absolute Gasteiger partial charge is 0.200 e. The fourth-order valence-corrected chi connectivity index (χ4v) is 8.03. The molecule has 7 heteroatoms. The van der Waals surface area contributed by atoms with Gasteiger partial charge in [0.05, 0.1) is 5.56 Å². The van der Waals surface area contributed by atoms with Crippen molar-refractivity contribution in [3.05, 3.63) is 126 Å². The third-order valence-corrected chi connectivity index (χ3v) is 9.62. The lowest BCUT2D eigenvalue weighted by Gasteiger charge is -2.28. The third-order valence-electron chi connectivity index (χ3n) is 5.29. The van der Waals surface area contributed by atoms with Crippen molar-refractivity contribution >= 4 is 23.2 Å². The molecule has 32 heavy (non-hydrogen) atoms. The van der Waals surface area contributed by atoms with E-state index in [-0.39, 0.29) is 23.1 Å². The SMILES string of the molecule is Fc1c(F)c(F)c(C[P+](c2ccccc2)(c2ccccc2)c2ccccc2)c(F)c1F.[Br-]. The Morgan fingerprint density at radius 2 is 0.719 bits per heavy atom. The van der Waals surface area contributed by atoms with Crippen LogP contribution < -0.4 is 32.9 Å². The summed E-state index contributed by atoms with van der Waals surface area (Å²) in [5, 5.41) is 2.32. The van der Waals surface area contributed by atoms with Crippen molar-refractivity contribution < 1.29 is 38.9 Å². The van der Waals surface area contributed by atoms with Crippen molar-refractivity contribution in [2.24, 2.45) is 0 Å². The maximum atomic E-state index is 14.8. The first kappa shape index (κ1) is 24.1. The average Bonchev–Trinajstić information content (AvgIpc) is 2.83. The Balaban J connectivity index is 0.00000289. The quantitative estimate of drug-likeness (QED) is 0.164. The molecular weight excluding hydrogens is 506 g/mol. The highest BCUT2D eigenvalue weighted by Gasteiger charge is 2.47. The van der Waals surface area contributed by atoms with E-state index in [0.717, 1.165) is 15.9 Å². The molecule has 0 aliphatic carbocycles. The van der Waals surface area contributed by atoms with Crippen LogP contribution in [-0.2, 0) is 6.16 Å². The lowest BCUT2D eigenvalue weighted by Crippen LogP contribution is -3.00. The minimum absolute atomic E-state index is 0. The van der Waals surface area contributed by atoms with E-state index in [1.165, 1.54) is 0 Å². The Kier molecular flexibility index (Phi) is 7.47. The highest BCUT2D eigenvalue weighted by Crippen LogP contribution is 2.58. The topological polar surface area (TPSA) is 0 Å². The van der Waals surface area contributed by atoms with Crippen LogP contribution in [0.5, 0.6) is 0 Å². The van der Waals surface area contributed by atoms with Gasteiger partial charge in [-0.1, -0.05) is 54.6 Å². The molecule has 0 aliphatic heterocycles. The zero-order valence-corrected chi connectivity index (χ0v) is 19.1. The summed E-state index contributed by atoms with van der Waals surface area (Å²) >= 11 is 0. The zero-order chi connectivity index (χ0) is 22.0. The standard InChI is InChI=1S/C25H17F5P.BrH/c26-21-20(22(27)24(29)25(30)23(21)28)16-31(17-10-4-1-5-11-17,18-12-6-2-7-13-18)19-14-8-3-9-15-19;/h1-15H,16H2;1H/q+1;/p-1. The molecule has 4 aromatic rings. The van der Waals surface area contributed by atoms with Gasteiger partial charge in [-0.3, -0.25) is 0 Å². The van der Waals surface area contributed by atoms with E-state index < -0.39 is 41.9 Å². The minimum atomic E-state index is -2.82. The van der Waals surface area contributed by atoms with Crippen LogP contribution in [0, 0.1) is 29.1 Å². The summed E-state index contributed by atoms with van der Waals surface area (Å²) in [4.78, 5) is 0. The van der Waals surface area contributed by atoms with Gasteiger partial charge in [-0.25, -0.2) is 22.0 Å². The number of hydrogen-bond donors (Lipinski definition) is 0. The number of benzene rings is 4. The maximum Gasteiger partial charge on any atom is 0.200 e. The Morgan fingerprint density at radius 1 is 0.438 bits per heavy atom. The van der Waals surface area contributed by atoms with Crippen molar-refractivity contribution in [2.75, 3.05) is 0 Å². The van der Waals surface area contributed by atoms with Crippen molar-refractivity contribution in [1.29, 1.82) is 0 Å². The molecule has 0 amide bonds. The van der Waals surface area contributed by atoms with Crippen LogP contribution in [-0.4, -0.2) is 0 Å². The molecule has 0 atom stereocenters. The zero-order valence-electron chi connectivity index (χ0n) is 16.6. The van der Waals surface area contributed by atoms with Gasteiger partial charge in [0.15, 0.2) is 23.3 Å². The predicted octanol–water partition coefficient (Wildman–Crippen LogP) is 2.88. The van der Waals surface area contributed by atoms with Crippen LogP contribution in [0.4, 0.5) is 22.0 Å². The highest BCUT2D eigenvalue weighted by molar-refractivity contribution is 7.95. The second-order valence-corrected chi connectivity index (χ2v) is 10.5. The molecule has 0 aliphatic rings. The Bertz CT molecular complexity index is 1080. The second-order valence-electron chi connectivity index (χ2n) is 7.02. The molecule has 0 fully saturated rings. The summed E-state index contributed by atoms with van der Waals surface area (Å²) in [5.74, 6) is -9.59. The van der Waals surface area contributed by atoms with Crippen molar-refractivity contribution in [3.8, 4) is 0 Å². The van der Waals surface area contributed by atoms with Crippen LogP contribution in [0.3, 0.4) is 0 Å². The first-order chi connectivity index (χ1) is 15.0. The van der Waals surface area contributed by atoms with E-state index in [1.807, 2.05) is 54.6 Å². The molecule has 164 valence electrons. The molecule has 4 rings (SSSR count). The molecule has 0 aromatic heterocycles. The molecule has 0 bridgehead atoms. The molecule has 4 aromatic carbocycles. The van der Waals surface area contributed by atoms with Crippen molar-refractivity contribution in [1.82, 2.24) is 0 Å². The molecule has 0 saturated heterocycles. The summed E-state index contributed by atoms with van der Waals surface area (Å²) in [7, 11) is -2.82. The first-order valence-electron chi connectivity index (χ1n) is 9.52. The fourth-order valence-electron chi connectivity index (χ4n) is 3.79. The van der Waals surface area contributed by atoms with Gasteiger partial charge < -0.3 is 17.0 Å².